The quantitative estimate of drug-likeness (QED) is 0.189. The Hall–Kier alpha value is -2.70. The summed E-state index contributed by atoms with van der Waals surface area (Å²) >= 11 is 0. The van der Waals surface area contributed by atoms with Crippen molar-refractivity contribution >= 4 is 34.1 Å². The number of nitrogens with zero attached hydrogens (tertiary/aromatic N) is 1. The van der Waals surface area contributed by atoms with Crippen LogP contribution in [0.2, 0.25) is 0 Å². The number of aryl methyl sites for hydroxylation is 1. The van der Waals surface area contributed by atoms with Gasteiger partial charge in [-0.25, -0.2) is 8.42 Å². The third kappa shape index (κ3) is 12.0. The van der Waals surface area contributed by atoms with Crippen LogP contribution in [-0.4, -0.2) is 21.5 Å². The average molecular weight is 678 g/mol. The van der Waals surface area contributed by atoms with Crippen LogP contribution in [0.25, 0.3) is 10.8 Å². The predicted molar refractivity (Wildman–Crippen MR) is 166 cm³/mol. The zero-order chi connectivity index (χ0) is 29.6. The fourth-order valence-electron chi connectivity index (χ4n) is 3.37. The summed E-state index contributed by atoms with van der Waals surface area (Å²) in [7, 11) is -7.18. The van der Waals surface area contributed by atoms with Gasteiger partial charge in [0.25, 0.3) is 0 Å². The monoisotopic (exact) mass is 678 g/mol. The van der Waals surface area contributed by atoms with Crippen LogP contribution in [0.5, 0.6) is 0 Å². The molecule has 0 saturated heterocycles. The third-order valence-corrected chi connectivity index (χ3v) is 9.09. The van der Waals surface area contributed by atoms with Crippen LogP contribution in [0.1, 0.15) is 36.5 Å². The van der Waals surface area contributed by atoms with Gasteiger partial charge in [0.1, 0.15) is 10.0 Å². The molecule has 4 aromatic rings. The molecule has 0 radical (unpaired) electrons. The summed E-state index contributed by atoms with van der Waals surface area (Å²) in [5, 5.41) is 0.715. The Labute approximate surface area is 258 Å². The number of hydrogen-bond acceptors (Lipinski definition) is 5. The minimum Gasteiger partial charge on any atom is -0.793 e. The standard InChI is InChI=1S/C12H11O2P.C10H13N2O2S.C10H14.Ru/c13-15(14,11-7-3-1-4-8-11)12-9-5-2-6-10-12;1-2-9-3-5-10(6-4-9)15(13,14)12-8-7-11;1-8(2)10-6-4-9(3)5-7-10;/h1-10H,(H,13,14);2-6H,1,7-8,11H2;4-8H,1-3H3;/q;-1;;+2/p-1. The number of rotatable bonds is 8. The second-order valence-electron chi connectivity index (χ2n) is 9.18. The van der Waals surface area contributed by atoms with Crippen molar-refractivity contribution in [3.05, 3.63) is 137 Å². The molecule has 218 valence electrons. The van der Waals surface area contributed by atoms with Crippen molar-refractivity contribution in [1.29, 1.82) is 0 Å². The summed E-state index contributed by atoms with van der Waals surface area (Å²) in [6, 6.07) is 32.0. The van der Waals surface area contributed by atoms with Crippen LogP contribution < -0.4 is 21.2 Å². The van der Waals surface area contributed by atoms with E-state index in [2.05, 4.69) is 56.3 Å². The molecular weight excluding hydrogens is 640 g/mol. The Morgan fingerprint density at radius 2 is 1.32 bits per heavy atom. The molecule has 0 aliphatic carbocycles. The maximum Gasteiger partial charge on any atom is 2.00 e. The molecule has 4 aromatic carbocycles. The van der Waals surface area contributed by atoms with E-state index in [0.717, 1.165) is 5.56 Å². The molecule has 0 unspecified atom stereocenters. The van der Waals surface area contributed by atoms with Gasteiger partial charge in [-0.3, -0.25) is 0 Å². The van der Waals surface area contributed by atoms with E-state index >= 15 is 0 Å². The zero-order valence-corrected chi connectivity index (χ0v) is 27.0. The Morgan fingerprint density at radius 1 is 0.854 bits per heavy atom. The molecule has 41 heavy (non-hydrogen) atoms. The fraction of sp³-hybridized carbons (Fsp3) is 0.188. The van der Waals surface area contributed by atoms with E-state index in [1.54, 1.807) is 78.9 Å². The average Bonchev–Trinajstić information content (AvgIpc) is 2.98. The molecule has 0 aliphatic rings. The van der Waals surface area contributed by atoms with Crippen LogP contribution in [0.15, 0.2) is 121 Å². The summed E-state index contributed by atoms with van der Waals surface area (Å²) in [6.45, 7) is 10.5. The van der Waals surface area contributed by atoms with Crippen molar-refractivity contribution in [1.82, 2.24) is 0 Å². The minimum absolute atomic E-state index is 0. The first-order chi connectivity index (χ1) is 19.0. The molecule has 0 fully saturated rings. The molecule has 0 amide bonds. The molecule has 0 saturated carbocycles. The fourth-order valence-corrected chi connectivity index (χ4v) is 5.77. The van der Waals surface area contributed by atoms with Crippen molar-refractivity contribution in [3.63, 3.8) is 0 Å². The van der Waals surface area contributed by atoms with Gasteiger partial charge in [0.15, 0.2) is 0 Å². The Morgan fingerprint density at radius 3 is 1.71 bits per heavy atom. The number of hydrogen-bond donors (Lipinski definition) is 1. The first-order valence-electron chi connectivity index (χ1n) is 12.9. The second kappa shape index (κ2) is 18.0. The van der Waals surface area contributed by atoms with E-state index in [4.69, 9.17) is 5.73 Å². The number of sulfonamides is 1. The van der Waals surface area contributed by atoms with Crippen molar-refractivity contribution < 1.29 is 37.4 Å². The van der Waals surface area contributed by atoms with Crippen LogP contribution in [0, 0.1) is 6.92 Å². The topological polar surface area (TPSA) is 114 Å². The van der Waals surface area contributed by atoms with E-state index in [-0.39, 0.29) is 37.5 Å². The van der Waals surface area contributed by atoms with Crippen molar-refractivity contribution in [2.45, 2.75) is 31.6 Å². The number of nitrogens with two attached hydrogens (primary N) is 1. The van der Waals surface area contributed by atoms with E-state index in [9.17, 15) is 17.9 Å². The smallest absolute Gasteiger partial charge is 0.793 e. The van der Waals surface area contributed by atoms with Gasteiger partial charge in [-0.05, 0) is 42.6 Å². The summed E-state index contributed by atoms with van der Waals surface area (Å²) < 4.78 is 38.7. The normalized spacial score (nSPS) is 10.8. The zero-order valence-electron chi connectivity index (χ0n) is 23.5. The first-order valence-corrected chi connectivity index (χ1v) is 15.9. The summed E-state index contributed by atoms with van der Waals surface area (Å²) in [5.41, 5.74) is 8.82. The van der Waals surface area contributed by atoms with E-state index < -0.39 is 17.4 Å². The van der Waals surface area contributed by atoms with Gasteiger partial charge < -0.3 is 19.9 Å². The Bertz CT molecular complexity index is 1420. The number of benzene rings is 4. The second-order valence-corrected chi connectivity index (χ2v) is 13.0. The van der Waals surface area contributed by atoms with Gasteiger partial charge in [0.2, 0.25) is 0 Å². The maximum atomic E-state index is 12.1. The summed E-state index contributed by atoms with van der Waals surface area (Å²) in [6.07, 6.45) is 1.65. The molecule has 0 bridgehead atoms. The van der Waals surface area contributed by atoms with Crippen LogP contribution in [0.3, 0.4) is 0 Å². The van der Waals surface area contributed by atoms with E-state index in [1.807, 2.05) is 0 Å². The van der Waals surface area contributed by atoms with Gasteiger partial charge in [0, 0.05) is 15.5 Å². The maximum absolute atomic E-state index is 12.1. The van der Waals surface area contributed by atoms with Gasteiger partial charge in [-0.15, -0.1) is 6.54 Å². The van der Waals surface area contributed by atoms with Crippen LogP contribution in [-0.2, 0) is 34.1 Å². The molecule has 0 spiro atoms. The van der Waals surface area contributed by atoms with Crippen molar-refractivity contribution in [3.8, 4) is 0 Å². The van der Waals surface area contributed by atoms with Crippen molar-refractivity contribution in [2.24, 2.45) is 5.73 Å². The van der Waals surface area contributed by atoms with Crippen molar-refractivity contribution in [2.75, 3.05) is 13.1 Å². The van der Waals surface area contributed by atoms with E-state index in [0.29, 0.717) is 16.5 Å². The Kier molecular flexibility index (Phi) is 15.9. The third-order valence-electron chi connectivity index (χ3n) is 5.74. The van der Waals surface area contributed by atoms with Gasteiger partial charge in [0.05, 0.1) is 7.37 Å². The van der Waals surface area contributed by atoms with Gasteiger partial charge in [-0.2, -0.15) is 0 Å². The summed E-state index contributed by atoms with van der Waals surface area (Å²) in [5.74, 6) is 0.653. The molecule has 6 nitrogen and oxygen atoms in total. The molecule has 2 N–H and O–H groups in total. The van der Waals surface area contributed by atoms with Crippen LogP contribution >= 0.6 is 7.37 Å². The molecule has 0 aromatic heterocycles. The molecule has 0 heterocycles. The largest absolute Gasteiger partial charge is 2.00 e. The SMILES string of the molecule is C=Cc1ccc(S(=O)(=O)[N-]CCN)cc1.Cc1ccc(C(C)C)cc1.O=P([O-])(c1ccccc1)c1ccccc1.[Ru+2]. The Balaban J connectivity index is 0.000000311. The van der Waals surface area contributed by atoms with Gasteiger partial charge >= 0.3 is 19.5 Å². The molecule has 4 rings (SSSR count). The van der Waals surface area contributed by atoms with Crippen LogP contribution in [0.4, 0.5) is 0 Å². The predicted octanol–water partition coefficient (Wildman–Crippen LogP) is 5.74. The minimum atomic E-state index is -3.65. The van der Waals surface area contributed by atoms with E-state index in [1.165, 1.54) is 23.3 Å². The first kappa shape index (κ1) is 36.3. The summed E-state index contributed by atoms with van der Waals surface area (Å²) in [4.78, 5) is 12.2. The molecule has 0 aliphatic heterocycles. The van der Waals surface area contributed by atoms with Gasteiger partial charge in [-0.1, -0.05) is 129 Å². The molecular formula is C32H37N2O4PRuS. The molecule has 0 atom stereocenters. The molecule has 9 heteroatoms.